The second kappa shape index (κ2) is 12.0. The number of benzene rings is 6. The Hall–Kier alpha value is -6.65. The Labute approximate surface area is 295 Å². The summed E-state index contributed by atoms with van der Waals surface area (Å²) in [5, 5.41) is 4.62. The van der Waals surface area contributed by atoms with E-state index in [9.17, 15) is 0 Å². The van der Waals surface area contributed by atoms with Gasteiger partial charge in [0.25, 0.3) is 0 Å². The summed E-state index contributed by atoms with van der Waals surface area (Å²) in [6.45, 7) is 0. The van der Waals surface area contributed by atoms with E-state index in [-0.39, 0.29) is 0 Å². The molecule has 2 heterocycles. The molecule has 240 valence electrons. The van der Waals surface area contributed by atoms with Crippen molar-refractivity contribution in [3.05, 3.63) is 174 Å². The standard InChI is InChI=1S/C47H31N3O/c1-3-13-34(14-4-1)45-48-46(35-15-5-2-6-16-35)50-47(49-45)44-38-18-10-8-11-31(38)23-26-39(44)33-21-19-30(20-22-33)36-25-27-41-40(29-36)43-37-17-9-7-12-32(37)24-28-42(43)51-41/h1-23,25-29,32H,24H2. The molecule has 0 radical (unpaired) electrons. The maximum absolute atomic E-state index is 6.32. The van der Waals surface area contributed by atoms with Crippen molar-refractivity contribution >= 4 is 33.4 Å². The van der Waals surface area contributed by atoms with E-state index < -0.39 is 0 Å². The van der Waals surface area contributed by atoms with Gasteiger partial charge in [-0.25, -0.2) is 15.0 Å². The second-order valence-corrected chi connectivity index (χ2v) is 13.1. The number of rotatable bonds is 5. The highest BCUT2D eigenvalue weighted by molar-refractivity contribution is 6.03. The highest BCUT2D eigenvalue weighted by Crippen LogP contribution is 2.39. The van der Waals surface area contributed by atoms with E-state index in [1.54, 1.807) is 0 Å². The number of nitrogens with zero attached hydrogens (tertiary/aromatic N) is 3. The fourth-order valence-corrected chi connectivity index (χ4v) is 7.55. The largest absolute Gasteiger partial charge is 0.456 e. The van der Waals surface area contributed by atoms with Crippen molar-refractivity contribution in [1.82, 2.24) is 15.0 Å². The minimum atomic E-state index is 0.402. The lowest BCUT2D eigenvalue weighted by Gasteiger charge is -2.17. The third kappa shape index (κ3) is 5.12. The molecular formula is C47H31N3O. The number of aromatic nitrogens is 3. The summed E-state index contributed by atoms with van der Waals surface area (Å²) in [7, 11) is 0. The van der Waals surface area contributed by atoms with Gasteiger partial charge in [0.2, 0.25) is 0 Å². The van der Waals surface area contributed by atoms with E-state index in [4.69, 9.17) is 19.4 Å². The molecule has 0 spiro atoms. The molecule has 8 aromatic rings. The van der Waals surface area contributed by atoms with Crippen molar-refractivity contribution in [2.75, 3.05) is 0 Å². The Morgan fingerprint density at radius 3 is 1.96 bits per heavy atom. The lowest BCUT2D eigenvalue weighted by Crippen LogP contribution is -2.29. The molecule has 0 bridgehead atoms. The second-order valence-electron chi connectivity index (χ2n) is 13.1. The first-order valence-corrected chi connectivity index (χ1v) is 17.4. The van der Waals surface area contributed by atoms with Crippen LogP contribution in [-0.2, 0) is 0 Å². The summed E-state index contributed by atoms with van der Waals surface area (Å²) in [4.78, 5) is 15.2. The highest BCUT2D eigenvalue weighted by atomic mass is 16.3. The fraction of sp³-hybridized carbons (Fsp3) is 0.0426. The van der Waals surface area contributed by atoms with E-state index in [1.165, 1.54) is 10.8 Å². The van der Waals surface area contributed by atoms with Crippen LogP contribution in [0.1, 0.15) is 6.42 Å². The maximum Gasteiger partial charge on any atom is 0.165 e. The van der Waals surface area contributed by atoms with Gasteiger partial charge in [-0.3, -0.25) is 0 Å². The zero-order chi connectivity index (χ0) is 33.7. The monoisotopic (exact) mass is 653 g/mol. The van der Waals surface area contributed by atoms with Crippen LogP contribution in [0.25, 0.3) is 89.8 Å². The summed E-state index contributed by atoms with van der Waals surface area (Å²) in [6.07, 6.45) is 12.0. The van der Waals surface area contributed by atoms with E-state index in [1.807, 2.05) is 60.7 Å². The Morgan fingerprint density at radius 2 is 1.20 bits per heavy atom. The van der Waals surface area contributed by atoms with Crippen molar-refractivity contribution in [2.45, 2.75) is 6.42 Å². The van der Waals surface area contributed by atoms with Crippen LogP contribution < -0.4 is 10.6 Å². The minimum Gasteiger partial charge on any atom is -0.456 e. The molecule has 0 aliphatic heterocycles. The smallest absolute Gasteiger partial charge is 0.165 e. The zero-order valence-electron chi connectivity index (χ0n) is 27.7. The van der Waals surface area contributed by atoms with Gasteiger partial charge >= 0.3 is 0 Å². The average Bonchev–Trinajstić information content (AvgIpc) is 3.59. The Kier molecular flexibility index (Phi) is 6.91. The molecule has 2 aliphatic carbocycles. The molecule has 0 saturated heterocycles. The average molecular weight is 654 g/mol. The molecule has 0 amide bonds. The van der Waals surface area contributed by atoms with Crippen LogP contribution in [0.15, 0.2) is 168 Å². The summed E-state index contributed by atoms with van der Waals surface area (Å²) >= 11 is 0. The Morgan fingerprint density at radius 1 is 0.529 bits per heavy atom. The highest BCUT2D eigenvalue weighted by Gasteiger charge is 2.21. The molecule has 6 aromatic carbocycles. The third-order valence-electron chi connectivity index (χ3n) is 10.1. The van der Waals surface area contributed by atoms with Gasteiger partial charge in [0.15, 0.2) is 17.5 Å². The molecule has 51 heavy (non-hydrogen) atoms. The Bertz CT molecular complexity index is 2760. The van der Waals surface area contributed by atoms with Gasteiger partial charge in [-0.15, -0.1) is 0 Å². The van der Waals surface area contributed by atoms with Crippen LogP contribution in [0.5, 0.6) is 0 Å². The van der Waals surface area contributed by atoms with Crippen molar-refractivity contribution in [3.63, 3.8) is 0 Å². The van der Waals surface area contributed by atoms with Gasteiger partial charge in [0.05, 0.1) is 0 Å². The van der Waals surface area contributed by atoms with Crippen LogP contribution in [0.4, 0.5) is 0 Å². The van der Waals surface area contributed by atoms with E-state index in [2.05, 4.69) is 109 Å². The van der Waals surface area contributed by atoms with Gasteiger partial charge in [-0.2, -0.15) is 0 Å². The number of hydrogen-bond donors (Lipinski definition) is 0. The topological polar surface area (TPSA) is 51.8 Å². The first kappa shape index (κ1) is 29.3. The van der Waals surface area contributed by atoms with Crippen LogP contribution in [-0.4, -0.2) is 15.0 Å². The zero-order valence-corrected chi connectivity index (χ0v) is 27.7. The molecule has 2 aromatic heterocycles. The molecule has 0 N–H and O–H groups in total. The van der Waals surface area contributed by atoms with E-state index >= 15 is 0 Å². The SMILES string of the molecule is C1=CC2=c3c(oc4ccc(-c5ccc(-c6ccc7ccccc7c6-c6nc(-c7ccccc7)nc(-c7ccccc7)n6)cc5)cc34)=CCC2C=C1. The quantitative estimate of drug-likeness (QED) is 0.186. The minimum absolute atomic E-state index is 0.402. The van der Waals surface area contributed by atoms with Gasteiger partial charge in [0.1, 0.15) is 11.0 Å². The third-order valence-corrected chi connectivity index (χ3v) is 10.1. The van der Waals surface area contributed by atoms with Crippen LogP contribution >= 0.6 is 0 Å². The number of fused-ring (bicyclic) bond motifs is 5. The lowest BCUT2D eigenvalue weighted by molar-refractivity contribution is 0.568. The normalized spacial score (nSPS) is 14.7. The van der Waals surface area contributed by atoms with Gasteiger partial charge in [-0.1, -0.05) is 152 Å². The molecule has 1 atom stereocenters. The molecule has 4 nitrogen and oxygen atoms in total. The fourth-order valence-electron chi connectivity index (χ4n) is 7.55. The molecule has 0 saturated carbocycles. The van der Waals surface area contributed by atoms with Crippen molar-refractivity contribution in [1.29, 1.82) is 0 Å². The predicted molar refractivity (Wildman–Crippen MR) is 208 cm³/mol. The summed E-state index contributed by atoms with van der Waals surface area (Å²) in [6, 6.07) is 48.5. The maximum atomic E-state index is 6.32. The molecule has 0 fully saturated rings. The summed E-state index contributed by atoms with van der Waals surface area (Å²) in [5.41, 5.74) is 10.6. The van der Waals surface area contributed by atoms with Crippen molar-refractivity contribution in [3.8, 4) is 56.4 Å². The van der Waals surface area contributed by atoms with Crippen LogP contribution in [0.3, 0.4) is 0 Å². The number of hydrogen-bond acceptors (Lipinski definition) is 4. The molecule has 2 aliphatic rings. The number of furan rings is 1. The van der Waals surface area contributed by atoms with Crippen LogP contribution in [0.2, 0.25) is 0 Å². The molecule has 4 heteroatoms. The first-order chi connectivity index (χ1) is 25.3. The molecule has 1 unspecified atom stereocenters. The summed E-state index contributed by atoms with van der Waals surface area (Å²) < 4.78 is 6.32. The van der Waals surface area contributed by atoms with Gasteiger partial charge < -0.3 is 4.42 Å². The van der Waals surface area contributed by atoms with Gasteiger partial charge in [0, 0.05) is 33.2 Å². The lowest BCUT2D eigenvalue weighted by atomic mass is 9.86. The molecule has 10 rings (SSSR count). The van der Waals surface area contributed by atoms with E-state index in [0.717, 1.165) is 72.5 Å². The number of allylic oxidation sites excluding steroid dienone is 4. The molecular weight excluding hydrogens is 623 g/mol. The van der Waals surface area contributed by atoms with Crippen molar-refractivity contribution < 1.29 is 4.42 Å². The van der Waals surface area contributed by atoms with E-state index in [0.29, 0.717) is 23.4 Å². The van der Waals surface area contributed by atoms with Crippen LogP contribution in [0, 0.1) is 5.92 Å². The van der Waals surface area contributed by atoms with Gasteiger partial charge in [-0.05, 0) is 63.2 Å². The Balaban J connectivity index is 1.12. The predicted octanol–water partition coefficient (Wildman–Crippen LogP) is 10.2. The summed E-state index contributed by atoms with van der Waals surface area (Å²) in [5.74, 6) is 2.34. The van der Waals surface area contributed by atoms with Crippen molar-refractivity contribution in [2.24, 2.45) is 5.92 Å². The first-order valence-electron chi connectivity index (χ1n) is 17.4.